The molecule has 0 atom stereocenters. The number of hydrogen-bond donors (Lipinski definition) is 0. The third-order valence-electron chi connectivity index (χ3n) is 5.20. The summed E-state index contributed by atoms with van der Waals surface area (Å²) in [5.74, 6) is 1.76. The van der Waals surface area contributed by atoms with Gasteiger partial charge in [-0.25, -0.2) is 0 Å². The molecule has 32 heavy (non-hydrogen) atoms. The molecule has 3 heterocycles. The summed E-state index contributed by atoms with van der Waals surface area (Å²) in [5.41, 5.74) is 5.29. The zero-order chi connectivity index (χ0) is 21.2. The number of nitrogens with zero attached hydrogens (tertiary/aromatic N) is 3. The molecule has 160 valence electrons. The number of hydrogen-bond acceptors (Lipinski definition) is 4. The number of para-hydroxylation sites is 2. The van der Waals surface area contributed by atoms with Crippen molar-refractivity contribution in [1.29, 1.82) is 0 Å². The molecule has 4 aromatic rings. The number of benzene rings is 3. The van der Waals surface area contributed by atoms with Crippen LogP contribution in [0.4, 0.5) is 17.1 Å². The number of ether oxygens (including phenoxy) is 1. The Morgan fingerprint density at radius 3 is 2.44 bits per heavy atom. The number of anilines is 3. The average molecular weight is 597 g/mol. The number of aromatic nitrogens is 1. The first-order valence-electron chi connectivity index (χ1n) is 10.3. The summed E-state index contributed by atoms with van der Waals surface area (Å²) < 4.78 is 5.98. The SMILES string of the molecule is CC(C)N1[CH-]N2c3[c-]cccc3Oc3cccc1c32.[Ir+3].[c-]1ccccc1-c1ccccn1. The van der Waals surface area contributed by atoms with E-state index < -0.39 is 0 Å². The molecule has 0 unspecified atom stereocenters. The van der Waals surface area contributed by atoms with Crippen molar-refractivity contribution in [1.82, 2.24) is 4.98 Å². The van der Waals surface area contributed by atoms with Crippen molar-refractivity contribution in [3.8, 4) is 22.8 Å². The van der Waals surface area contributed by atoms with Crippen LogP contribution < -0.4 is 14.5 Å². The van der Waals surface area contributed by atoms with Crippen LogP contribution in [0.25, 0.3) is 11.3 Å². The monoisotopic (exact) mass is 597 g/mol. The number of rotatable bonds is 2. The van der Waals surface area contributed by atoms with Gasteiger partial charge in [0, 0.05) is 17.6 Å². The van der Waals surface area contributed by atoms with Crippen molar-refractivity contribution in [2.24, 2.45) is 0 Å². The predicted molar refractivity (Wildman–Crippen MR) is 124 cm³/mol. The second kappa shape index (κ2) is 9.56. The summed E-state index contributed by atoms with van der Waals surface area (Å²) in [7, 11) is 0. The van der Waals surface area contributed by atoms with Crippen molar-refractivity contribution in [3.63, 3.8) is 0 Å². The molecule has 6 rings (SSSR count). The standard InChI is InChI=1S/C16H14N2O.C11H8N.Ir/c1-11(2)17-10-18-12-6-3-4-8-14(12)19-15-9-5-7-13(17)16(15)18;1-2-6-10(7-3-1)11-8-4-5-9-12-11;/h3-5,7-11H,1-2H3;1-6,8-9H;/q-2;-1;+3. The molecule has 0 aliphatic carbocycles. The Hall–Kier alpha value is -3.14. The van der Waals surface area contributed by atoms with Gasteiger partial charge in [0.1, 0.15) is 5.75 Å². The Kier molecular flexibility index (Phi) is 6.59. The van der Waals surface area contributed by atoms with E-state index in [1.54, 1.807) is 6.20 Å². The molecule has 0 saturated heterocycles. The first-order valence-corrected chi connectivity index (χ1v) is 10.3. The number of pyridine rings is 1. The van der Waals surface area contributed by atoms with E-state index in [9.17, 15) is 0 Å². The molecule has 0 bridgehead atoms. The van der Waals surface area contributed by atoms with E-state index in [-0.39, 0.29) is 20.1 Å². The van der Waals surface area contributed by atoms with Gasteiger partial charge in [0.2, 0.25) is 0 Å². The maximum atomic E-state index is 5.98. The van der Waals surface area contributed by atoms with Crippen LogP contribution in [0.2, 0.25) is 0 Å². The average Bonchev–Trinajstić information content (AvgIpc) is 3.23. The smallest absolute Gasteiger partial charge is 0.513 e. The van der Waals surface area contributed by atoms with Gasteiger partial charge in [-0.2, -0.15) is 24.9 Å². The minimum Gasteiger partial charge on any atom is -0.513 e. The first-order chi connectivity index (χ1) is 15.2. The maximum Gasteiger partial charge on any atom is 3.00 e. The van der Waals surface area contributed by atoms with E-state index in [2.05, 4.69) is 53.5 Å². The van der Waals surface area contributed by atoms with Gasteiger partial charge in [-0.1, -0.05) is 23.9 Å². The second-order valence-corrected chi connectivity index (χ2v) is 7.59. The van der Waals surface area contributed by atoms with Gasteiger partial charge in [0.05, 0.1) is 5.69 Å². The molecule has 0 amide bonds. The normalized spacial score (nSPS) is 12.7. The van der Waals surface area contributed by atoms with Crippen LogP contribution in [0.1, 0.15) is 13.8 Å². The fourth-order valence-corrected chi connectivity index (χ4v) is 3.75. The van der Waals surface area contributed by atoms with Gasteiger partial charge < -0.3 is 19.5 Å². The molecule has 1 aromatic heterocycles. The zero-order valence-electron chi connectivity index (χ0n) is 17.8. The van der Waals surface area contributed by atoms with Crippen molar-refractivity contribution in [3.05, 3.63) is 104 Å². The molecule has 4 nitrogen and oxygen atoms in total. The van der Waals surface area contributed by atoms with Gasteiger partial charge in [-0.15, -0.1) is 42.0 Å². The summed E-state index contributed by atoms with van der Waals surface area (Å²) >= 11 is 0. The van der Waals surface area contributed by atoms with Gasteiger partial charge in [-0.3, -0.25) is 0 Å². The largest absolute Gasteiger partial charge is 3.00 e. The van der Waals surface area contributed by atoms with Gasteiger partial charge in [0.25, 0.3) is 0 Å². The molecule has 0 N–H and O–H groups in total. The molecule has 3 aromatic carbocycles. The quantitative estimate of drug-likeness (QED) is 0.243. The zero-order valence-corrected chi connectivity index (χ0v) is 20.2. The molecular formula is C27H22IrN3O. The van der Waals surface area contributed by atoms with Crippen molar-refractivity contribution in [2.45, 2.75) is 19.9 Å². The summed E-state index contributed by atoms with van der Waals surface area (Å²) in [6.45, 7) is 6.51. The first kappa shape index (κ1) is 22.1. The van der Waals surface area contributed by atoms with Gasteiger partial charge in [0.15, 0.2) is 0 Å². The Labute approximate surface area is 202 Å². The maximum absolute atomic E-state index is 5.98. The van der Waals surface area contributed by atoms with Gasteiger partial charge >= 0.3 is 20.1 Å². The van der Waals surface area contributed by atoms with Crippen molar-refractivity contribution >= 4 is 17.1 Å². The fraction of sp³-hybridized carbons (Fsp3) is 0.111. The molecule has 5 heteroatoms. The predicted octanol–water partition coefficient (Wildman–Crippen LogP) is 6.62. The van der Waals surface area contributed by atoms with Crippen LogP contribution in [0.3, 0.4) is 0 Å². The topological polar surface area (TPSA) is 28.6 Å². The van der Waals surface area contributed by atoms with E-state index in [1.165, 1.54) is 5.69 Å². The Balaban J connectivity index is 0.000000164. The molecule has 2 aliphatic heterocycles. The van der Waals surface area contributed by atoms with E-state index in [4.69, 9.17) is 4.74 Å². The van der Waals surface area contributed by atoms with E-state index in [0.717, 1.165) is 34.1 Å². The molecule has 0 saturated carbocycles. The Bertz CT molecular complexity index is 1140. The third-order valence-corrected chi connectivity index (χ3v) is 5.20. The van der Waals surface area contributed by atoms with E-state index >= 15 is 0 Å². The molecular weight excluding hydrogens is 575 g/mol. The summed E-state index contributed by atoms with van der Waals surface area (Å²) in [6, 6.07) is 32.5. The van der Waals surface area contributed by atoms with E-state index in [0.29, 0.717) is 6.04 Å². The van der Waals surface area contributed by atoms with Crippen LogP contribution in [-0.2, 0) is 20.1 Å². The summed E-state index contributed by atoms with van der Waals surface area (Å²) in [6.07, 6.45) is 1.79. The number of fused-ring (bicyclic) bond motifs is 2. The summed E-state index contributed by atoms with van der Waals surface area (Å²) in [5, 5.41) is 0. The Morgan fingerprint density at radius 1 is 0.875 bits per heavy atom. The fourth-order valence-electron chi connectivity index (χ4n) is 3.75. The van der Waals surface area contributed by atoms with Crippen molar-refractivity contribution in [2.75, 3.05) is 9.80 Å². The van der Waals surface area contributed by atoms with Crippen LogP contribution in [0.5, 0.6) is 11.5 Å². The second-order valence-electron chi connectivity index (χ2n) is 7.59. The van der Waals surface area contributed by atoms with Gasteiger partial charge in [-0.05, 0) is 43.8 Å². The third kappa shape index (κ3) is 4.14. The van der Waals surface area contributed by atoms with Crippen LogP contribution in [0, 0.1) is 18.8 Å². The molecule has 2 aliphatic rings. The van der Waals surface area contributed by atoms with Crippen LogP contribution in [-0.4, -0.2) is 11.0 Å². The molecule has 0 radical (unpaired) electrons. The Morgan fingerprint density at radius 2 is 1.69 bits per heavy atom. The minimum absolute atomic E-state index is 0. The van der Waals surface area contributed by atoms with Crippen LogP contribution in [0.15, 0.2) is 85.1 Å². The van der Waals surface area contributed by atoms with Crippen LogP contribution >= 0.6 is 0 Å². The summed E-state index contributed by atoms with van der Waals surface area (Å²) in [4.78, 5) is 8.65. The van der Waals surface area contributed by atoms with Crippen molar-refractivity contribution < 1.29 is 24.8 Å². The minimum atomic E-state index is 0. The molecule has 0 spiro atoms. The van der Waals surface area contributed by atoms with E-state index in [1.807, 2.05) is 72.8 Å². The molecule has 0 fully saturated rings.